The van der Waals surface area contributed by atoms with Crippen LogP contribution in [0, 0.1) is 17.8 Å². The minimum Gasteiger partial charge on any atom is -0.504 e. The van der Waals surface area contributed by atoms with Crippen molar-refractivity contribution in [2.24, 2.45) is 5.92 Å². The Balaban J connectivity index is 0.00000277. The van der Waals surface area contributed by atoms with Crippen molar-refractivity contribution in [1.29, 1.82) is 0 Å². The van der Waals surface area contributed by atoms with E-state index in [1.807, 2.05) is 50.2 Å². The largest absolute Gasteiger partial charge is 0.504 e. The zero-order valence-electron chi connectivity index (χ0n) is 22.0. The molecular formula is C33H38N2O4. The van der Waals surface area contributed by atoms with Crippen LogP contribution in [0.25, 0.3) is 0 Å². The Kier molecular flexibility index (Phi) is 6.09. The zero-order chi connectivity index (χ0) is 26.2. The Bertz CT molecular complexity index is 1420. The van der Waals surface area contributed by atoms with Crippen LogP contribution < -0.4 is 10.1 Å². The lowest BCUT2D eigenvalue weighted by Crippen LogP contribution is -2.75. The van der Waals surface area contributed by atoms with Crippen LogP contribution in [0.5, 0.6) is 11.5 Å². The van der Waals surface area contributed by atoms with Gasteiger partial charge in [0.2, 0.25) is 5.91 Å². The quantitative estimate of drug-likeness (QED) is 0.523. The Hall–Kier alpha value is -3.27. The molecule has 3 N–H and O–H groups in total. The highest BCUT2D eigenvalue weighted by atomic mass is 16.5. The molecule has 5 aliphatic rings. The molecule has 1 spiro atoms. The number of hydrogen-bond donors (Lipinski definition) is 3. The first-order chi connectivity index (χ1) is 18.3. The van der Waals surface area contributed by atoms with E-state index in [2.05, 4.69) is 22.1 Å². The number of aromatic hydroxyl groups is 1. The summed E-state index contributed by atoms with van der Waals surface area (Å²) < 4.78 is 6.62. The first-order valence-corrected chi connectivity index (χ1v) is 13.9. The number of hydrogen-bond acceptors (Lipinski definition) is 5. The molecule has 204 valence electrons. The van der Waals surface area contributed by atoms with E-state index < -0.39 is 17.1 Å². The summed E-state index contributed by atoms with van der Waals surface area (Å²) in [5.41, 5.74) is 2.05. The minimum absolute atomic E-state index is 0. The van der Waals surface area contributed by atoms with E-state index in [1.54, 1.807) is 6.07 Å². The maximum Gasteiger partial charge on any atom is 0.248 e. The van der Waals surface area contributed by atoms with Crippen molar-refractivity contribution in [3.63, 3.8) is 0 Å². The third kappa shape index (κ3) is 3.74. The van der Waals surface area contributed by atoms with Crippen molar-refractivity contribution in [2.45, 2.75) is 82.6 Å². The average molecular weight is 527 g/mol. The van der Waals surface area contributed by atoms with Gasteiger partial charge >= 0.3 is 0 Å². The minimum atomic E-state index is -1.21. The maximum atomic E-state index is 13.7. The van der Waals surface area contributed by atoms with Crippen LogP contribution in [0.1, 0.15) is 63.6 Å². The predicted octanol–water partition coefficient (Wildman–Crippen LogP) is 4.08. The second-order valence-electron chi connectivity index (χ2n) is 12.1. The third-order valence-electron chi connectivity index (χ3n) is 9.36. The Morgan fingerprint density at radius 3 is 2.67 bits per heavy atom. The number of piperidine rings is 1. The number of aliphatic hydroxyl groups is 1. The molecule has 2 aromatic rings. The lowest BCUT2D eigenvalue weighted by atomic mass is 9.48. The fraction of sp³-hybridized carbons (Fsp3) is 0.485. The molecule has 6 heteroatoms. The van der Waals surface area contributed by atoms with Gasteiger partial charge < -0.3 is 20.3 Å². The van der Waals surface area contributed by atoms with Crippen LogP contribution in [0.2, 0.25) is 0 Å². The van der Waals surface area contributed by atoms with Gasteiger partial charge in [0.25, 0.3) is 0 Å². The molecule has 2 heterocycles. The number of likely N-dealkylation sites (tertiary alicyclic amines) is 1. The zero-order valence-corrected chi connectivity index (χ0v) is 22.0. The maximum absolute atomic E-state index is 13.7. The molecule has 2 fully saturated rings. The Labute approximate surface area is 231 Å². The van der Waals surface area contributed by atoms with Gasteiger partial charge in [-0.1, -0.05) is 43.5 Å². The van der Waals surface area contributed by atoms with E-state index in [0.29, 0.717) is 35.7 Å². The SMILES string of the molecule is C.CC(C)NC(=O)C1=C(C#Cc2ccccc2)[C@@H]2Oc3c(O)ccc4c3[C@@]23CCN(CC2CC2)[C@H](C4)[C@]3(O)C1. The number of benzene rings is 2. The van der Waals surface area contributed by atoms with Crippen LogP contribution in [0.3, 0.4) is 0 Å². The topological polar surface area (TPSA) is 82.0 Å². The first-order valence-electron chi connectivity index (χ1n) is 13.9. The molecule has 0 aromatic heterocycles. The third-order valence-corrected chi connectivity index (χ3v) is 9.36. The van der Waals surface area contributed by atoms with E-state index >= 15 is 0 Å². The first kappa shape index (κ1) is 26.0. The van der Waals surface area contributed by atoms with Crippen LogP contribution in [-0.4, -0.2) is 57.9 Å². The molecule has 0 radical (unpaired) electrons. The Morgan fingerprint density at radius 2 is 1.95 bits per heavy atom. The summed E-state index contributed by atoms with van der Waals surface area (Å²) in [6.07, 6.45) is 3.43. The smallest absolute Gasteiger partial charge is 0.248 e. The number of nitrogens with zero attached hydrogens (tertiary/aromatic N) is 1. The van der Waals surface area contributed by atoms with Gasteiger partial charge in [0, 0.05) is 41.7 Å². The molecule has 7 rings (SSSR count). The average Bonchev–Trinajstić information content (AvgIpc) is 3.63. The molecule has 1 saturated carbocycles. The molecule has 2 aliphatic heterocycles. The van der Waals surface area contributed by atoms with Crippen molar-refractivity contribution in [3.8, 4) is 23.3 Å². The fourth-order valence-corrected chi connectivity index (χ4v) is 7.55. The van der Waals surface area contributed by atoms with Crippen LogP contribution in [0.15, 0.2) is 53.6 Å². The summed E-state index contributed by atoms with van der Waals surface area (Å²) >= 11 is 0. The van der Waals surface area contributed by atoms with Gasteiger partial charge in [-0.25, -0.2) is 0 Å². The van der Waals surface area contributed by atoms with Gasteiger partial charge in [0.1, 0.15) is 6.10 Å². The van der Waals surface area contributed by atoms with Crippen molar-refractivity contribution >= 4 is 5.91 Å². The molecule has 2 aromatic carbocycles. The summed E-state index contributed by atoms with van der Waals surface area (Å²) in [7, 11) is 0. The van der Waals surface area contributed by atoms with Crippen LogP contribution in [0.4, 0.5) is 0 Å². The van der Waals surface area contributed by atoms with Crippen molar-refractivity contribution in [1.82, 2.24) is 10.2 Å². The highest BCUT2D eigenvalue weighted by molar-refractivity contribution is 5.96. The van der Waals surface area contributed by atoms with Gasteiger partial charge in [-0.15, -0.1) is 0 Å². The lowest BCUT2D eigenvalue weighted by Gasteiger charge is -2.63. The number of phenolic OH excluding ortho intramolecular Hbond substituents is 1. The van der Waals surface area contributed by atoms with Gasteiger partial charge in [0.15, 0.2) is 11.5 Å². The highest BCUT2D eigenvalue weighted by Gasteiger charge is 2.73. The summed E-state index contributed by atoms with van der Waals surface area (Å²) in [5.74, 6) is 7.61. The normalized spacial score (nSPS) is 30.1. The van der Waals surface area contributed by atoms with E-state index in [1.165, 1.54) is 12.8 Å². The van der Waals surface area contributed by atoms with Crippen LogP contribution in [-0.2, 0) is 16.6 Å². The number of ether oxygens (including phenoxy) is 1. The van der Waals surface area contributed by atoms with E-state index in [9.17, 15) is 15.0 Å². The van der Waals surface area contributed by atoms with Crippen LogP contribution >= 0.6 is 0 Å². The number of carbonyl (C=O) groups is 1. The monoisotopic (exact) mass is 526 g/mol. The molecule has 6 nitrogen and oxygen atoms in total. The van der Waals surface area contributed by atoms with Crippen molar-refractivity contribution in [2.75, 3.05) is 13.1 Å². The number of amides is 1. The molecule has 0 unspecified atom stereocenters. The van der Waals surface area contributed by atoms with Gasteiger partial charge in [0.05, 0.1) is 16.6 Å². The van der Waals surface area contributed by atoms with E-state index in [-0.39, 0.29) is 37.6 Å². The number of phenols is 1. The second-order valence-corrected chi connectivity index (χ2v) is 12.1. The molecule has 1 amide bonds. The molecule has 4 atom stereocenters. The van der Waals surface area contributed by atoms with Gasteiger partial charge in [-0.2, -0.15) is 0 Å². The summed E-state index contributed by atoms with van der Waals surface area (Å²) in [4.78, 5) is 16.2. The van der Waals surface area contributed by atoms with Crippen molar-refractivity contribution < 1.29 is 19.7 Å². The molecule has 3 aliphatic carbocycles. The predicted molar refractivity (Wildman–Crippen MR) is 151 cm³/mol. The summed E-state index contributed by atoms with van der Waals surface area (Å²) in [6, 6.07) is 13.2. The molecule has 1 saturated heterocycles. The van der Waals surface area contributed by atoms with Gasteiger partial charge in [-0.05, 0) is 75.8 Å². The summed E-state index contributed by atoms with van der Waals surface area (Å²) in [6.45, 7) is 5.70. The lowest BCUT2D eigenvalue weighted by molar-refractivity contribution is -0.166. The highest BCUT2D eigenvalue weighted by Crippen LogP contribution is 2.66. The second kappa shape index (κ2) is 9.15. The van der Waals surface area contributed by atoms with E-state index in [4.69, 9.17) is 4.74 Å². The number of carbonyl (C=O) groups excluding carboxylic acids is 1. The van der Waals surface area contributed by atoms with Gasteiger partial charge in [-0.3, -0.25) is 9.69 Å². The standard InChI is InChI=1S/C32H34N2O4.CH4/c1-19(2)33-30(36)24-17-32(37)26-16-22-11-13-25(35)28-27(22)31(32,14-15-34(26)18-21-8-9-21)29(38-28)23(24)12-10-20-6-4-3-5-7-20;/h3-7,11,13,19,21,26,29,35,37H,8-9,14-18H2,1-2H3,(H,33,36);1H4/t26-,29+,31+,32-;/m1./s1. The number of rotatable bonds is 4. The van der Waals surface area contributed by atoms with Crippen molar-refractivity contribution in [3.05, 3.63) is 70.3 Å². The Morgan fingerprint density at radius 1 is 1.18 bits per heavy atom. The fourth-order valence-electron chi connectivity index (χ4n) is 7.55. The molecular weight excluding hydrogens is 488 g/mol. The van der Waals surface area contributed by atoms with E-state index in [0.717, 1.165) is 29.8 Å². The summed E-state index contributed by atoms with van der Waals surface area (Å²) in [5, 5.41) is 26.9. The molecule has 39 heavy (non-hydrogen) atoms. The number of nitrogens with one attached hydrogen (secondary N) is 1. The molecule has 2 bridgehead atoms.